The van der Waals surface area contributed by atoms with Gasteiger partial charge in [-0.25, -0.2) is 0 Å². The molecular weight excluding hydrogens is 266 g/mol. The molecule has 3 heterocycles. The molecular formula is C15H13N5O. The standard InChI is InChI=1S/C15H13N5O/c1-2-6-12-11(5-1)17-15(21-12)16-9-8-14-19-18-13-7-3-4-10-20(13)14/h1-7,10H,8-9H2,(H,16,17). The summed E-state index contributed by atoms with van der Waals surface area (Å²) in [6.45, 7) is 0.683. The van der Waals surface area contributed by atoms with Gasteiger partial charge in [0, 0.05) is 19.2 Å². The topological polar surface area (TPSA) is 68.2 Å². The van der Waals surface area contributed by atoms with Crippen LogP contribution in [0.1, 0.15) is 5.82 Å². The maximum Gasteiger partial charge on any atom is 0.295 e. The second kappa shape index (κ2) is 4.90. The van der Waals surface area contributed by atoms with Crippen LogP contribution in [0.3, 0.4) is 0 Å². The van der Waals surface area contributed by atoms with Crippen LogP contribution < -0.4 is 5.32 Å². The van der Waals surface area contributed by atoms with Gasteiger partial charge in [0.1, 0.15) is 11.3 Å². The molecule has 4 rings (SSSR count). The molecule has 0 aliphatic rings. The van der Waals surface area contributed by atoms with Crippen molar-refractivity contribution in [2.75, 3.05) is 11.9 Å². The van der Waals surface area contributed by atoms with Crippen LogP contribution in [0.5, 0.6) is 0 Å². The van der Waals surface area contributed by atoms with Gasteiger partial charge >= 0.3 is 0 Å². The van der Waals surface area contributed by atoms with Gasteiger partial charge in [0.05, 0.1) is 0 Å². The largest absolute Gasteiger partial charge is 0.424 e. The lowest BCUT2D eigenvalue weighted by Crippen LogP contribution is -2.07. The highest BCUT2D eigenvalue weighted by Gasteiger charge is 2.06. The Morgan fingerprint density at radius 1 is 1.05 bits per heavy atom. The van der Waals surface area contributed by atoms with Crippen LogP contribution in [-0.4, -0.2) is 26.1 Å². The van der Waals surface area contributed by atoms with Gasteiger partial charge in [-0.1, -0.05) is 18.2 Å². The number of aromatic nitrogens is 4. The van der Waals surface area contributed by atoms with E-state index in [1.165, 1.54) is 0 Å². The number of nitrogens with zero attached hydrogens (tertiary/aromatic N) is 4. The smallest absolute Gasteiger partial charge is 0.295 e. The molecule has 104 valence electrons. The first-order valence-electron chi connectivity index (χ1n) is 6.78. The Balaban J connectivity index is 1.47. The lowest BCUT2D eigenvalue weighted by molar-refractivity contribution is 0.613. The number of pyridine rings is 1. The maximum absolute atomic E-state index is 5.61. The van der Waals surface area contributed by atoms with E-state index in [1.807, 2.05) is 53.1 Å². The number of hydrogen-bond donors (Lipinski definition) is 1. The normalized spacial score (nSPS) is 11.2. The van der Waals surface area contributed by atoms with Crippen LogP contribution in [0.25, 0.3) is 16.7 Å². The SMILES string of the molecule is c1ccc2oc(NCCc3nnc4ccccn34)nc2c1. The van der Waals surface area contributed by atoms with E-state index in [4.69, 9.17) is 4.42 Å². The molecule has 0 bridgehead atoms. The number of oxazole rings is 1. The van der Waals surface area contributed by atoms with Crippen molar-refractivity contribution in [3.8, 4) is 0 Å². The number of para-hydroxylation sites is 2. The average molecular weight is 279 g/mol. The highest BCUT2D eigenvalue weighted by atomic mass is 16.4. The quantitative estimate of drug-likeness (QED) is 0.621. The number of anilines is 1. The van der Waals surface area contributed by atoms with E-state index < -0.39 is 0 Å². The molecule has 0 aliphatic carbocycles. The van der Waals surface area contributed by atoms with Crippen molar-refractivity contribution < 1.29 is 4.42 Å². The molecule has 0 saturated carbocycles. The van der Waals surface area contributed by atoms with Gasteiger partial charge in [-0.3, -0.25) is 4.40 Å². The molecule has 6 nitrogen and oxygen atoms in total. The van der Waals surface area contributed by atoms with Gasteiger partial charge in [-0.2, -0.15) is 4.98 Å². The minimum absolute atomic E-state index is 0.532. The van der Waals surface area contributed by atoms with Gasteiger partial charge < -0.3 is 9.73 Å². The number of fused-ring (bicyclic) bond motifs is 2. The summed E-state index contributed by atoms with van der Waals surface area (Å²) in [5, 5.41) is 11.5. The number of benzene rings is 1. The van der Waals surface area contributed by atoms with Crippen LogP contribution >= 0.6 is 0 Å². The summed E-state index contributed by atoms with van der Waals surface area (Å²) >= 11 is 0. The predicted molar refractivity (Wildman–Crippen MR) is 79.2 cm³/mol. The first kappa shape index (κ1) is 11.9. The molecule has 3 aromatic heterocycles. The minimum Gasteiger partial charge on any atom is -0.424 e. The van der Waals surface area contributed by atoms with Crippen molar-refractivity contribution in [1.29, 1.82) is 0 Å². The van der Waals surface area contributed by atoms with Crippen molar-refractivity contribution in [2.45, 2.75) is 6.42 Å². The van der Waals surface area contributed by atoms with Crippen LogP contribution in [0.15, 0.2) is 53.1 Å². The van der Waals surface area contributed by atoms with Crippen LogP contribution in [0.4, 0.5) is 6.01 Å². The van der Waals surface area contributed by atoms with E-state index in [0.29, 0.717) is 12.6 Å². The second-order valence-corrected chi connectivity index (χ2v) is 4.71. The van der Waals surface area contributed by atoms with E-state index in [0.717, 1.165) is 29.0 Å². The van der Waals surface area contributed by atoms with E-state index in [-0.39, 0.29) is 0 Å². The Morgan fingerprint density at radius 3 is 2.90 bits per heavy atom. The van der Waals surface area contributed by atoms with E-state index in [9.17, 15) is 0 Å². The summed E-state index contributed by atoms with van der Waals surface area (Å²) in [7, 11) is 0. The van der Waals surface area contributed by atoms with Crippen molar-refractivity contribution in [3.63, 3.8) is 0 Å². The number of hydrogen-bond acceptors (Lipinski definition) is 5. The minimum atomic E-state index is 0.532. The molecule has 1 aromatic carbocycles. The molecule has 0 amide bonds. The molecule has 4 aromatic rings. The number of nitrogens with one attached hydrogen (secondary N) is 1. The lowest BCUT2D eigenvalue weighted by Gasteiger charge is -2.00. The maximum atomic E-state index is 5.61. The van der Waals surface area contributed by atoms with Crippen molar-refractivity contribution >= 4 is 22.8 Å². The van der Waals surface area contributed by atoms with Crippen LogP contribution in [-0.2, 0) is 6.42 Å². The summed E-state index contributed by atoms with van der Waals surface area (Å²) in [5.74, 6) is 0.911. The van der Waals surface area contributed by atoms with Gasteiger partial charge in [-0.05, 0) is 24.3 Å². The first-order valence-corrected chi connectivity index (χ1v) is 6.78. The molecule has 0 aliphatic heterocycles. The highest BCUT2D eigenvalue weighted by Crippen LogP contribution is 2.17. The summed E-state index contributed by atoms with van der Waals surface area (Å²) in [6, 6.07) is 14.1. The molecule has 0 saturated heterocycles. The summed E-state index contributed by atoms with van der Waals surface area (Å²) < 4.78 is 7.59. The van der Waals surface area contributed by atoms with E-state index >= 15 is 0 Å². The molecule has 0 radical (unpaired) electrons. The molecule has 0 fully saturated rings. The predicted octanol–water partition coefficient (Wildman–Crippen LogP) is 2.53. The molecule has 1 N–H and O–H groups in total. The fourth-order valence-electron chi connectivity index (χ4n) is 2.29. The first-order chi connectivity index (χ1) is 10.4. The fraction of sp³-hybridized carbons (Fsp3) is 0.133. The summed E-state index contributed by atoms with van der Waals surface area (Å²) in [5.41, 5.74) is 2.50. The van der Waals surface area contributed by atoms with Gasteiger partial charge in [-0.15, -0.1) is 10.2 Å². The van der Waals surface area contributed by atoms with Crippen molar-refractivity contribution in [2.24, 2.45) is 0 Å². The summed E-state index contributed by atoms with van der Waals surface area (Å²) in [6.07, 6.45) is 2.70. The van der Waals surface area contributed by atoms with E-state index in [1.54, 1.807) is 0 Å². The zero-order valence-electron chi connectivity index (χ0n) is 11.2. The Kier molecular flexibility index (Phi) is 2.77. The summed E-state index contributed by atoms with van der Waals surface area (Å²) in [4.78, 5) is 4.37. The van der Waals surface area contributed by atoms with Gasteiger partial charge in [0.15, 0.2) is 11.2 Å². The Labute approximate surface area is 120 Å². The zero-order chi connectivity index (χ0) is 14.1. The third kappa shape index (κ3) is 2.20. The van der Waals surface area contributed by atoms with Crippen molar-refractivity contribution in [3.05, 3.63) is 54.5 Å². The lowest BCUT2D eigenvalue weighted by atomic mass is 10.3. The highest BCUT2D eigenvalue weighted by molar-refractivity contribution is 5.74. The van der Waals surface area contributed by atoms with Gasteiger partial charge in [0.2, 0.25) is 0 Å². The molecule has 0 unspecified atom stereocenters. The monoisotopic (exact) mass is 279 g/mol. The second-order valence-electron chi connectivity index (χ2n) is 4.71. The van der Waals surface area contributed by atoms with Gasteiger partial charge in [0.25, 0.3) is 6.01 Å². The zero-order valence-corrected chi connectivity index (χ0v) is 11.2. The Hall–Kier alpha value is -2.89. The van der Waals surface area contributed by atoms with Crippen LogP contribution in [0.2, 0.25) is 0 Å². The molecule has 6 heteroatoms. The molecule has 21 heavy (non-hydrogen) atoms. The van der Waals surface area contributed by atoms with Crippen molar-refractivity contribution in [1.82, 2.24) is 19.6 Å². The Morgan fingerprint density at radius 2 is 1.95 bits per heavy atom. The molecule has 0 spiro atoms. The average Bonchev–Trinajstić information content (AvgIpc) is 3.11. The number of rotatable bonds is 4. The Bertz CT molecular complexity index is 862. The fourth-order valence-corrected chi connectivity index (χ4v) is 2.29. The molecule has 0 atom stereocenters. The third-order valence-corrected chi connectivity index (χ3v) is 3.30. The van der Waals surface area contributed by atoms with E-state index in [2.05, 4.69) is 20.5 Å². The third-order valence-electron chi connectivity index (χ3n) is 3.30. The van der Waals surface area contributed by atoms with Crippen LogP contribution in [0, 0.1) is 0 Å².